The predicted octanol–water partition coefficient (Wildman–Crippen LogP) is -0.906. The second-order valence-corrected chi connectivity index (χ2v) is 3.71. The number of hydrogen-bond donors (Lipinski definition) is 2. The van der Waals surface area contributed by atoms with Crippen molar-refractivity contribution in [2.45, 2.75) is 19.4 Å². The van der Waals surface area contributed by atoms with Crippen molar-refractivity contribution < 1.29 is 14.5 Å². The number of imidazole rings is 1. The molecule has 1 aromatic rings. The number of nitrogens with one attached hydrogen (secondary N) is 2. The molecule has 1 atom stereocenters. The van der Waals surface area contributed by atoms with E-state index in [-0.39, 0.29) is 13.0 Å². The van der Waals surface area contributed by atoms with E-state index in [0.717, 1.165) is 0 Å². The summed E-state index contributed by atoms with van der Waals surface area (Å²) in [5, 5.41) is 14.4. The quantitative estimate of drug-likeness (QED) is 0.534. The van der Waals surface area contributed by atoms with E-state index in [1.54, 1.807) is 6.92 Å². The van der Waals surface area contributed by atoms with Crippen molar-refractivity contribution in [1.29, 1.82) is 0 Å². The minimum absolute atomic E-state index is 0.0870. The molecule has 0 radical (unpaired) electrons. The van der Waals surface area contributed by atoms with Crippen molar-refractivity contribution in [3.8, 4) is 0 Å². The number of carbonyl (C=O) groups excluding carboxylic acids is 1. The Balaban J connectivity index is 2.34. The van der Waals surface area contributed by atoms with E-state index in [1.807, 2.05) is 0 Å². The SMILES string of the molecule is CCOC(=O)NC1=c2nc[nH]c2=CC([N+](=O)[O-])C1. The lowest BCUT2D eigenvalue weighted by Gasteiger charge is -2.12. The third-order valence-corrected chi connectivity index (χ3v) is 2.53. The molecule has 1 aliphatic carbocycles. The Hall–Kier alpha value is -2.38. The maximum Gasteiger partial charge on any atom is 0.411 e. The highest BCUT2D eigenvalue weighted by molar-refractivity contribution is 5.76. The second-order valence-electron chi connectivity index (χ2n) is 3.71. The number of alkyl carbamates (subject to hydrolysis) is 1. The molecule has 0 spiro atoms. The minimum Gasteiger partial charge on any atom is -0.450 e. The summed E-state index contributed by atoms with van der Waals surface area (Å²) in [7, 11) is 0. The molecule has 18 heavy (non-hydrogen) atoms. The summed E-state index contributed by atoms with van der Waals surface area (Å²) in [6.07, 6.45) is 2.36. The highest BCUT2D eigenvalue weighted by Crippen LogP contribution is 2.08. The van der Waals surface area contributed by atoms with Crippen molar-refractivity contribution in [3.63, 3.8) is 0 Å². The van der Waals surface area contributed by atoms with Crippen LogP contribution in [0.5, 0.6) is 0 Å². The molecule has 0 saturated carbocycles. The largest absolute Gasteiger partial charge is 0.450 e. The third-order valence-electron chi connectivity index (χ3n) is 2.53. The van der Waals surface area contributed by atoms with E-state index in [2.05, 4.69) is 15.3 Å². The molecular weight excluding hydrogens is 240 g/mol. The zero-order valence-corrected chi connectivity index (χ0v) is 9.67. The van der Waals surface area contributed by atoms with Gasteiger partial charge in [0.2, 0.25) is 6.04 Å². The van der Waals surface area contributed by atoms with Crippen molar-refractivity contribution in [3.05, 3.63) is 27.1 Å². The molecule has 0 aliphatic heterocycles. The van der Waals surface area contributed by atoms with Gasteiger partial charge in [0.1, 0.15) is 5.35 Å². The van der Waals surface area contributed by atoms with Crippen molar-refractivity contribution in [2.75, 3.05) is 6.61 Å². The van der Waals surface area contributed by atoms with Crippen LogP contribution in [-0.2, 0) is 4.74 Å². The lowest BCUT2D eigenvalue weighted by Crippen LogP contribution is -2.42. The van der Waals surface area contributed by atoms with Gasteiger partial charge in [-0.3, -0.25) is 15.4 Å². The third kappa shape index (κ3) is 2.31. The normalized spacial score (nSPS) is 17.6. The van der Waals surface area contributed by atoms with Crippen molar-refractivity contribution in [1.82, 2.24) is 15.3 Å². The average molecular weight is 252 g/mol. The van der Waals surface area contributed by atoms with Crippen LogP contribution in [0.25, 0.3) is 11.8 Å². The predicted molar refractivity (Wildman–Crippen MR) is 61.3 cm³/mol. The number of nitro groups is 1. The molecule has 1 heterocycles. The number of hydrogen-bond acceptors (Lipinski definition) is 5. The number of amides is 1. The van der Waals surface area contributed by atoms with Gasteiger partial charge in [-0.1, -0.05) is 0 Å². The fraction of sp³-hybridized carbons (Fsp3) is 0.400. The van der Waals surface area contributed by atoms with Crippen LogP contribution in [0.4, 0.5) is 4.79 Å². The summed E-state index contributed by atoms with van der Waals surface area (Å²) in [5.74, 6) is 0. The van der Waals surface area contributed by atoms with Gasteiger partial charge in [-0.2, -0.15) is 0 Å². The van der Waals surface area contributed by atoms with Crippen LogP contribution in [0.15, 0.2) is 6.33 Å². The molecule has 2 N–H and O–H groups in total. The van der Waals surface area contributed by atoms with E-state index in [9.17, 15) is 14.9 Å². The van der Waals surface area contributed by atoms with Crippen LogP contribution in [0, 0.1) is 10.1 Å². The molecule has 0 aromatic carbocycles. The number of aromatic amines is 1. The van der Waals surface area contributed by atoms with E-state index in [4.69, 9.17) is 4.74 Å². The average Bonchev–Trinajstić information content (AvgIpc) is 2.77. The summed E-state index contributed by atoms with van der Waals surface area (Å²) in [6.45, 7) is 1.91. The van der Waals surface area contributed by atoms with Crippen LogP contribution in [0.3, 0.4) is 0 Å². The van der Waals surface area contributed by atoms with E-state index in [1.165, 1.54) is 12.4 Å². The van der Waals surface area contributed by atoms with Gasteiger partial charge in [0, 0.05) is 11.0 Å². The zero-order valence-electron chi connectivity index (χ0n) is 9.67. The molecule has 0 bridgehead atoms. The Morgan fingerprint density at radius 1 is 1.78 bits per heavy atom. The Kier molecular flexibility index (Phi) is 3.26. The molecule has 1 aromatic heterocycles. The molecule has 0 saturated heterocycles. The first-order valence-electron chi connectivity index (χ1n) is 5.43. The van der Waals surface area contributed by atoms with E-state index >= 15 is 0 Å². The first-order chi connectivity index (χ1) is 8.61. The van der Waals surface area contributed by atoms with Crippen molar-refractivity contribution >= 4 is 17.9 Å². The molecule has 8 heteroatoms. The topological polar surface area (TPSA) is 110 Å². The summed E-state index contributed by atoms with van der Waals surface area (Å²) >= 11 is 0. The smallest absolute Gasteiger partial charge is 0.411 e. The summed E-state index contributed by atoms with van der Waals surface area (Å²) in [6, 6.07) is -0.880. The highest BCUT2D eigenvalue weighted by atomic mass is 16.6. The Morgan fingerprint density at radius 3 is 3.22 bits per heavy atom. The first kappa shape index (κ1) is 12.1. The molecule has 0 fully saturated rings. The summed E-state index contributed by atoms with van der Waals surface area (Å²) in [5.41, 5.74) is 0.397. The first-order valence-corrected chi connectivity index (χ1v) is 5.43. The van der Waals surface area contributed by atoms with Gasteiger partial charge in [0.05, 0.1) is 30.4 Å². The maximum atomic E-state index is 11.3. The lowest BCUT2D eigenvalue weighted by molar-refractivity contribution is -0.503. The van der Waals surface area contributed by atoms with Gasteiger partial charge in [0.25, 0.3) is 0 Å². The van der Waals surface area contributed by atoms with Gasteiger partial charge in [-0.15, -0.1) is 0 Å². The van der Waals surface area contributed by atoms with Gasteiger partial charge in [-0.05, 0) is 6.92 Å². The Bertz CT molecular complexity index is 591. The monoisotopic (exact) mass is 252 g/mol. The summed E-state index contributed by atoms with van der Waals surface area (Å²) < 4.78 is 4.74. The fourth-order valence-corrected chi connectivity index (χ4v) is 1.76. The van der Waals surface area contributed by atoms with Crippen LogP contribution in [0.1, 0.15) is 13.3 Å². The lowest BCUT2D eigenvalue weighted by atomic mass is 10.1. The Morgan fingerprint density at radius 2 is 2.56 bits per heavy atom. The number of fused-ring (bicyclic) bond motifs is 1. The van der Waals surface area contributed by atoms with E-state index in [0.29, 0.717) is 16.4 Å². The maximum absolute atomic E-state index is 11.3. The number of rotatable bonds is 3. The van der Waals surface area contributed by atoms with Crippen LogP contribution < -0.4 is 16.0 Å². The number of aromatic nitrogens is 2. The van der Waals surface area contributed by atoms with Gasteiger partial charge >= 0.3 is 6.09 Å². The highest BCUT2D eigenvalue weighted by Gasteiger charge is 2.25. The molecule has 1 aliphatic rings. The standard InChI is InChI=1S/C10H12N4O4/c1-2-18-10(15)13-8-4-6(14(16)17)3-7-9(8)12-5-11-7/h3,5-6H,2,4H2,1H3,(H,11,12)(H,13,15). The Labute approximate surface area is 102 Å². The minimum atomic E-state index is -0.880. The van der Waals surface area contributed by atoms with Gasteiger partial charge < -0.3 is 9.72 Å². The molecule has 96 valence electrons. The van der Waals surface area contributed by atoms with E-state index < -0.39 is 17.1 Å². The number of ether oxygens (including phenoxy) is 1. The van der Waals surface area contributed by atoms with Crippen LogP contribution >= 0.6 is 0 Å². The zero-order chi connectivity index (χ0) is 13.1. The molecular formula is C10H12N4O4. The number of carbonyl (C=O) groups is 1. The number of H-pyrrole nitrogens is 1. The molecule has 1 amide bonds. The second kappa shape index (κ2) is 4.86. The molecule has 1 unspecified atom stereocenters. The van der Waals surface area contributed by atoms with Crippen LogP contribution in [-0.4, -0.2) is 33.6 Å². The van der Waals surface area contributed by atoms with Crippen molar-refractivity contribution in [2.24, 2.45) is 0 Å². The fourth-order valence-electron chi connectivity index (χ4n) is 1.76. The van der Waals surface area contributed by atoms with Gasteiger partial charge in [0.15, 0.2) is 0 Å². The number of nitrogens with zero attached hydrogens (tertiary/aromatic N) is 2. The molecule has 2 rings (SSSR count). The molecule has 8 nitrogen and oxygen atoms in total. The van der Waals surface area contributed by atoms with Gasteiger partial charge in [-0.25, -0.2) is 9.78 Å². The van der Waals surface area contributed by atoms with Crippen LogP contribution in [0.2, 0.25) is 0 Å². The summed E-state index contributed by atoms with van der Waals surface area (Å²) in [4.78, 5) is 28.6.